The molecule has 94 valence electrons. The number of imidazole rings is 1. The fourth-order valence-electron chi connectivity index (χ4n) is 2.72. The Morgan fingerprint density at radius 1 is 1.33 bits per heavy atom. The van der Waals surface area contributed by atoms with E-state index >= 15 is 0 Å². The van der Waals surface area contributed by atoms with Crippen LogP contribution in [0.5, 0.6) is 0 Å². The van der Waals surface area contributed by atoms with E-state index in [0.29, 0.717) is 11.7 Å². The number of hydrogen-bond donors (Lipinski definition) is 1. The molecule has 0 saturated heterocycles. The van der Waals surface area contributed by atoms with Crippen LogP contribution in [0.15, 0.2) is 18.2 Å². The Morgan fingerprint density at radius 3 is 2.83 bits per heavy atom. The van der Waals surface area contributed by atoms with E-state index in [1.165, 1.54) is 30.4 Å². The van der Waals surface area contributed by atoms with Gasteiger partial charge in [-0.3, -0.25) is 0 Å². The molecule has 1 aliphatic rings. The van der Waals surface area contributed by atoms with Crippen LogP contribution < -0.4 is 5.73 Å². The van der Waals surface area contributed by atoms with Crippen molar-refractivity contribution < 1.29 is 0 Å². The minimum atomic E-state index is 0.404. The summed E-state index contributed by atoms with van der Waals surface area (Å²) in [5.41, 5.74) is 10.7. The van der Waals surface area contributed by atoms with Gasteiger partial charge < -0.3 is 10.3 Å². The predicted molar refractivity (Wildman–Crippen MR) is 73.6 cm³/mol. The van der Waals surface area contributed by atoms with Crippen LogP contribution in [0, 0.1) is 0 Å². The van der Waals surface area contributed by atoms with Gasteiger partial charge in [-0.25, -0.2) is 4.98 Å². The van der Waals surface area contributed by atoms with E-state index in [2.05, 4.69) is 23.2 Å². The van der Waals surface area contributed by atoms with Gasteiger partial charge in [-0.2, -0.15) is 0 Å². The molecular formula is C14H16ClN3. The first-order chi connectivity index (χ1) is 8.70. The van der Waals surface area contributed by atoms with Gasteiger partial charge in [0.25, 0.3) is 0 Å². The number of nitrogens with zero attached hydrogens (tertiary/aromatic N) is 2. The molecule has 1 aliphatic carbocycles. The van der Waals surface area contributed by atoms with E-state index in [4.69, 9.17) is 17.3 Å². The molecule has 2 aromatic rings. The smallest absolute Gasteiger partial charge is 0.155 e. The van der Waals surface area contributed by atoms with Gasteiger partial charge in [0.2, 0.25) is 0 Å². The molecule has 0 saturated carbocycles. The van der Waals surface area contributed by atoms with Crippen LogP contribution in [0.3, 0.4) is 0 Å². The summed E-state index contributed by atoms with van der Waals surface area (Å²) < 4.78 is 1.99. The molecule has 0 aliphatic heterocycles. The molecule has 2 N–H and O–H groups in total. The molecule has 0 atom stereocenters. The van der Waals surface area contributed by atoms with Gasteiger partial charge in [0.1, 0.15) is 5.82 Å². The number of aromatic nitrogens is 2. The van der Waals surface area contributed by atoms with Gasteiger partial charge in [0, 0.05) is 12.6 Å². The Hall–Kier alpha value is -1.32. The van der Waals surface area contributed by atoms with E-state index < -0.39 is 0 Å². The molecule has 3 rings (SSSR count). The topological polar surface area (TPSA) is 43.8 Å². The number of halogens is 1. The van der Waals surface area contributed by atoms with Crippen LogP contribution in [0.1, 0.15) is 23.4 Å². The minimum Gasteiger partial charge on any atom is -0.329 e. The molecule has 1 aromatic heterocycles. The average molecular weight is 262 g/mol. The molecule has 1 heterocycles. The average Bonchev–Trinajstić information content (AvgIpc) is 2.93. The number of nitrogens with two attached hydrogens (primary N) is 1. The van der Waals surface area contributed by atoms with E-state index in [0.717, 1.165) is 17.1 Å². The summed E-state index contributed by atoms with van der Waals surface area (Å²) in [5, 5.41) is 0.538. The zero-order chi connectivity index (χ0) is 12.7. The Kier molecular flexibility index (Phi) is 2.88. The lowest BCUT2D eigenvalue weighted by Crippen LogP contribution is -2.05. The van der Waals surface area contributed by atoms with Crippen molar-refractivity contribution in [1.29, 1.82) is 0 Å². The highest BCUT2D eigenvalue weighted by atomic mass is 35.5. The number of fused-ring (bicyclic) bond motifs is 1. The summed E-state index contributed by atoms with van der Waals surface area (Å²) in [4.78, 5) is 4.30. The second-order valence-electron chi connectivity index (χ2n) is 4.77. The lowest BCUT2D eigenvalue weighted by atomic mass is 10.0. The molecule has 1 aromatic carbocycles. The summed E-state index contributed by atoms with van der Waals surface area (Å²) in [6.45, 7) is 0.404. The molecule has 0 spiro atoms. The molecule has 18 heavy (non-hydrogen) atoms. The van der Waals surface area contributed by atoms with Gasteiger partial charge in [-0.1, -0.05) is 23.7 Å². The Morgan fingerprint density at radius 2 is 2.11 bits per heavy atom. The maximum atomic E-state index is 6.23. The van der Waals surface area contributed by atoms with Gasteiger partial charge in [0.15, 0.2) is 5.15 Å². The second-order valence-corrected chi connectivity index (χ2v) is 5.13. The first-order valence-electron chi connectivity index (χ1n) is 6.24. The van der Waals surface area contributed by atoms with E-state index in [-0.39, 0.29) is 0 Å². The van der Waals surface area contributed by atoms with Gasteiger partial charge in [-0.05, 0) is 36.5 Å². The Balaban J connectivity index is 2.12. The lowest BCUT2D eigenvalue weighted by molar-refractivity contribution is 0.799. The van der Waals surface area contributed by atoms with Crippen molar-refractivity contribution >= 4 is 11.6 Å². The van der Waals surface area contributed by atoms with Gasteiger partial charge >= 0.3 is 0 Å². The SMILES string of the molecule is Cn1c(CN)nc(Cl)c1-c1ccc2c(c1)CCC2. The summed E-state index contributed by atoms with van der Waals surface area (Å²) in [6.07, 6.45) is 3.62. The van der Waals surface area contributed by atoms with Crippen molar-refractivity contribution in [2.45, 2.75) is 25.8 Å². The largest absolute Gasteiger partial charge is 0.329 e. The molecule has 3 nitrogen and oxygen atoms in total. The quantitative estimate of drug-likeness (QED) is 0.903. The second kappa shape index (κ2) is 4.41. The van der Waals surface area contributed by atoms with Crippen molar-refractivity contribution in [2.75, 3.05) is 0 Å². The Bertz CT molecular complexity index is 601. The summed E-state index contributed by atoms with van der Waals surface area (Å²) in [5.74, 6) is 0.815. The van der Waals surface area contributed by atoms with Crippen molar-refractivity contribution in [1.82, 2.24) is 9.55 Å². The molecule has 0 radical (unpaired) electrons. The Labute approximate surface area is 112 Å². The fourth-order valence-corrected chi connectivity index (χ4v) is 3.06. The molecule has 0 unspecified atom stereocenters. The zero-order valence-electron chi connectivity index (χ0n) is 10.4. The third kappa shape index (κ3) is 1.74. The van der Waals surface area contributed by atoms with Crippen molar-refractivity contribution in [3.05, 3.63) is 40.3 Å². The highest BCUT2D eigenvalue weighted by Gasteiger charge is 2.17. The third-order valence-corrected chi connectivity index (χ3v) is 3.96. The van der Waals surface area contributed by atoms with Crippen LogP contribution in [-0.2, 0) is 26.4 Å². The minimum absolute atomic E-state index is 0.404. The number of hydrogen-bond acceptors (Lipinski definition) is 2. The monoisotopic (exact) mass is 261 g/mol. The van der Waals surface area contributed by atoms with Crippen LogP contribution >= 0.6 is 11.6 Å². The first-order valence-corrected chi connectivity index (χ1v) is 6.62. The summed E-state index contributed by atoms with van der Waals surface area (Å²) >= 11 is 6.23. The van der Waals surface area contributed by atoms with Gasteiger partial charge in [-0.15, -0.1) is 0 Å². The predicted octanol–water partition coefficient (Wildman–Crippen LogP) is 2.69. The van der Waals surface area contributed by atoms with Crippen LogP contribution in [0.2, 0.25) is 5.15 Å². The molecule has 4 heteroatoms. The van der Waals surface area contributed by atoms with Crippen LogP contribution in [0.4, 0.5) is 0 Å². The number of benzene rings is 1. The maximum absolute atomic E-state index is 6.23. The third-order valence-electron chi connectivity index (χ3n) is 3.70. The zero-order valence-corrected chi connectivity index (χ0v) is 11.2. The fraction of sp³-hybridized carbons (Fsp3) is 0.357. The van der Waals surface area contributed by atoms with Crippen LogP contribution in [0.25, 0.3) is 11.3 Å². The molecular weight excluding hydrogens is 246 g/mol. The molecule has 0 amide bonds. The summed E-state index contributed by atoms with van der Waals surface area (Å²) in [7, 11) is 1.96. The highest BCUT2D eigenvalue weighted by Crippen LogP contribution is 2.32. The van der Waals surface area contributed by atoms with E-state index in [1.807, 2.05) is 11.6 Å². The number of rotatable bonds is 2. The van der Waals surface area contributed by atoms with Crippen molar-refractivity contribution in [3.8, 4) is 11.3 Å². The van der Waals surface area contributed by atoms with Crippen LogP contribution in [-0.4, -0.2) is 9.55 Å². The molecule has 0 fully saturated rings. The normalized spacial score (nSPS) is 13.9. The van der Waals surface area contributed by atoms with Crippen molar-refractivity contribution in [2.24, 2.45) is 12.8 Å². The lowest BCUT2D eigenvalue weighted by Gasteiger charge is -2.07. The van der Waals surface area contributed by atoms with E-state index in [9.17, 15) is 0 Å². The highest BCUT2D eigenvalue weighted by molar-refractivity contribution is 6.32. The molecule has 0 bridgehead atoms. The van der Waals surface area contributed by atoms with E-state index in [1.54, 1.807) is 0 Å². The summed E-state index contributed by atoms with van der Waals surface area (Å²) in [6, 6.07) is 6.59. The van der Waals surface area contributed by atoms with Crippen molar-refractivity contribution in [3.63, 3.8) is 0 Å². The maximum Gasteiger partial charge on any atom is 0.155 e. The first kappa shape index (κ1) is 11.8. The van der Waals surface area contributed by atoms with Gasteiger partial charge in [0.05, 0.1) is 12.2 Å². The number of aryl methyl sites for hydroxylation is 2. The standard InChI is InChI=1S/C14H16ClN3/c1-18-12(8-16)17-14(15)13(18)11-6-5-9-3-2-4-10(9)7-11/h5-7H,2-4,8,16H2,1H3.